The van der Waals surface area contributed by atoms with Gasteiger partial charge in [0.1, 0.15) is 5.92 Å². The van der Waals surface area contributed by atoms with Gasteiger partial charge in [0.25, 0.3) is 0 Å². The molecule has 0 spiro atoms. The van der Waals surface area contributed by atoms with Crippen LogP contribution in [0.5, 0.6) is 0 Å². The van der Waals surface area contributed by atoms with Crippen LogP contribution in [0.15, 0.2) is 4.99 Å². The molecule has 3 atom stereocenters. The van der Waals surface area contributed by atoms with E-state index >= 15 is 0 Å². The molecule has 1 aliphatic carbocycles. The summed E-state index contributed by atoms with van der Waals surface area (Å²) in [7, 11) is 0. The molecule has 2 aliphatic rings. The molecule has 20 heavy (non-hydrogen) atoms. The van der Waals surface area contributed by atoms with Gasteiger partial charge in [0.15, 0.2) is 5.54 Å². The van der Waals surface area contributed by atoms with Crippen LogP contribution in [0.4, 0.5) is 0 Å². The molecule has 1 saturated carbocycles. The highest BCUT2D eigenvalue weighted by Crippen LogP contribution is 2.66. The topological polar surface area (TPSA) is 65.0 Å². The maximum atomic E-state index is 12.1. The van der Waals surface area contributed by atoms with Crippen LogP contribution in [0.25, 0.3) is 0 Å². The monoisotopic (exact) mass is 299 g/mol. The van der Waals surface area contributed by atoms with Gasteiger partial charge in [-0.15, -0.1) is 11.8 Å². The molecule has 0 radical (unpaired) electrons. The zero-order valence-electron chi connectivity index (χ0n) is 12.4. The van der Waals surface area contributed by atoms with Crippen LogP contribution in [-0.4, -0.2) is 40.5 Å². The fourth-order valence-corrected chi connectivity index (χ4v) is 4.23. The predicted octanol–water partition coefficient (Wildman–Crippen LogP) is 2.19. The summed E-state index contributed by atoms with van der Waals surface area (Å²) in [5.74, 6) is -0.898. The minimum absolute atomic E-state index is 0.255. The van der Waals surface area contributed by atoms with Gasteiger partial charge in [-0.25, -0.2) is 4.79 Å². The Balaban J connectivity index is 2.19. The van der Waals surface area contributed by atoms with Crippen LogP contribution in [0.3, 0.4) is 0 Å². The van der Waals surface area contributed by atoms with E-state index in [9.17, 15) is 9.59 Å². The van der Waals surface area contributed by atoms with Crippen molar-refractivity contribution in [1.82, 2.24) is 0 Å². The van der Waals surface area contributed by atoms with E-state index in [0.717, 1.165) is 0 Å². The molecule has 1 aliphatic heterocycles. The maximum absolute atomic E-state index is 12.1. The fraction of sp³-hybridized carbons (Fsp3) is 0.786. The number of esters is 2. The third-order valence-corrected chi connectivity index (χ3v) is 5.38. The lowest BCUT2D eigenvalue weighted by Crippen LogP contribution is -2.28. The van der Waals surface area contributed by atoms with Crippen molar-refractivity contribution in [2.75, 3.05) is 13.2 Å². The molecule has 1 fully saturated rings. The van der Waals surface area contributed by atoms with Crippen molar-refractivity contribution in [3.05, 3.63) is 0 Å². The molecular weight excluding hydrogens is 278 g/mol. The summed E-state index contributed by atoms with van der Waals surface area (Å²) in [6.07, 6.45) is 1.31. The molecule has 0 saturated heterocycles. The van der Waals surface area contributed by atoms with Gasteiger partial charge < -0.3 is 9.47 Å². The van der Waals surface area contributed by atoms with Gasteiger partial charge in [0.05, 0.1) is 23.0 Å². The molecule has 6 heteroatoms. The van der Waals surface area contributed by atoms with Crippen molar-refractivity contribution in [3.8, 4) is 0 Å². The Morgan fingerprint density at radius 1 is 1.30 bits per heavy atom. The third kappa shape index (κ3) is 2.24. The number of carbonyl (C=O) groups excluding carboxylic acids is 2. The summed E-state index contributed by atoms with van der Waals surface area (Å²) in [6, 6.07) is 0. The second-order valence-corrected chi connectivity index (χ2v) is 6.78. The molecule has 0 aromatic rings. The Bertz CT molecular complexity index is 464. The SMILES string of the molecule is CCOC(=O)[C@@H](CC)C1=N[C@]2(C(=O)OCC)C[C@]2(C)S1. The van der Waals surface area contributed by atoms with Crippen molar-refractivity contribution in [2.45, 2.75) is 50.8 Å². The minimum atomic E-state index is -0.775. The van der Waals surface area contributed by atoms with E-state index < -0.39 is 5.54 Å². The van der Waals surface area contributed by atoms with Gasteiger partial charge in [-0.1, -0.05) is 6.92 Å². The van der Waals surface area contributed by atoms with Gasteiger partial charge in [0.2, 0.25) is 0 Å². The molecule has 112 valence electrons. The zero-order chi connectivity index (χ0) is 15.0. The smallest absolute Gasteiger partial charge is 0.335 e. The number of rotatable bonds is 6. The van der Waals surface area contributed by atoms with E-state index in [-0.39, 0.29) is 22.6 Å². The Morgan fingerprint density at radius 3 is 2.50 bits per heavy atom. The average molecular weight is 299 g/mol. The molecule has 0 unspecified atom stereocenters. The minimum Gasteiger partial charge on any atom is -0.465 e. The van der Waals surface area contributed by atoms with Crippen LogP contribution in [0.1, 0.15) is 40.5 Å². The highest BCUT2D eigenvalue weighted by Gasteiger charge is 2.75. The molecule has 0 N–H and O–H groups in total. The largest absolute Gasteiger partial charge is 0.465 e. The number of thioether (sulfide) groups is 1. The lowest BCUT2D eigenvalue weighted by Gasteiger charge is -2.14. The highest BCUT2D eigenvalue weighted by atomic mass is 32.2. The van der Waals surface area contributed by atoms with Crippen molar-refractivity contribution in [1.29, 1.82) is 0 Å². The van der Waals surface area contributed by atoms with Gasteiger partial charge in [-0.05, 0) is 27.2 Å². The second-order valence-electron chi connectivity index (χ2n) is 5.25. The highest BCUT2D eigenvalue weighted by molar-refractivity contribution is 8.16. The molecule has 0 amide bonds. The standard InChI is InChI=1S/C14H21NO4S/c1-5-9(11(16)18-6-2)10-15-14(12(17)19-7-3)8-13(14,4)20-10/h9H,5-8H2,1-4H3/t9-,13-,14-/m0/s1. The number of aliphatic imine (C=N–C) groups is 1. The molecule has 0 bridgehead atoms. The summed E-state index contributed by atoms with van der Waals surface area (Å²) < 4.78 is 9.96. The van der Waals surface area contributed by atoms with Gasteiger partial charge >= 0.3 is 11.9 Å². The summed E-state index contributed by atoms with van der Waals surface area (Å²) in [6.45, 7) is 8.20. The fourth-order valence-electron chi connectivity index (χ4n) is 2.58. The van der Waals surface area contributed by atoms with Crippen molar-refractivity contribution < 1.29 is 19.1 Å². The molecular formula is C14H21NO4S. The van der Waals surface area contributed by atoms with Gasteiger partial charge in [0, 0.05) is 6.42 Å². The van der Waals surface area contributed by atoms with Crippen LogP contribution < -0.4 is 0 Å². The van der Waals surface area contributed by atoms with E-state index in [0.29, 0.717) is 31.1 Å². The van der Waals surface area contributed by atoms with Crippen LogP contribution in [0, 0.1) is 5.92 Å². The van der Waals surface area contributed by atoms with Gasteiger partial charge in [-0.3, -0.25) is 9.79 Å². The van der Waals surface area contributed by atoms with Crippen molar-refractivity contribution in [3.63, 3.8) is 0 Å². The van der Waals surface area contributed by atoms with Crippen LogP contribution >= 0.6 is 11.8 Å². The average Bonchev–Trinajstić information content (AvgIpc) is 2.85. The van der Waals surface area contributed by atoms with E-state index in [1.807, 2.05) is 13.8 Å². The first kappa shape index (κ1) is 15.4. The first-order valence-electron chi connectivity index (χ1n) is 7.06. The molecule has 2 rings (SSSR count). The lowest BCUT2D eigenvalue weighted by atomic mass is 10.1. The number of hydrogen-bond donors (Lipinski definition) is 0. The van der Waals surface area contributed by atoms with Crippen LogP contribution in [0.2, 0.25) is 0 Å². The van der Waals surface area contributed by atoms with E-state index in [4.69, 9.17) is 9.47 Å². The summed E-state index contributed by atoms with van der Waals surface area (Å²) in [5.41, 5.74) is -0.775. The van der Waals surface area contributed by atoms with Crippen molar-refractivity contribution >= 4 is 28.7 Å². The van der Waals surface area contributed by atoms with E-state index in [1.165, 1.54) is 11.8 Å². The second kappa shape index (κ2) is 5.39. The number of nitrogens with zero attached hydrogens (tertiary/aromatic N) is 1. The summed E-state index contributed by atoms with van der Waals surface area (Å²) in [4.78, 5) is 28.6. The van der Waals surface area contributed by atoms with E-state index in [2.05, 4.69) is 4.99 Å². The zero-order valence-corrected chi connectivity index (χ0v) is 13.2. The molecule has 0 aromatic carbocycles. The number of fused-ring (bicyclic) bond motifs is 1. The van der Waals surface area contributed by atoms with Crippen LogP contribution in [-0.2, 0) is 19.1 Å². The first-order chi connectivity index (χ1) is 9.44. The normalized spacial score (nSPS) is 32.1. The molecule has 1 heterocycles. The maximum Gasteiger partial charge on any atom is 0.335 e. The number of hydrogen-bond acceptors (Lipinski definition) is 6. The Hall–Kier alpha value is -1.04. The van der Waals surface area contributed by atoms with E-state index in [1.54, 1.807) is 13.8 Å². The summed E-state index contributed by atoms with van der Waals surface area (Å²) in [5, 5.41) is 0.716. The number of carbonyl (C=O) groups is 2. The molecule has 5 nitrogen and oxygen atoms in total. The predicted molar refractivity (Wildman–Crippen MR) is 77.8 cm³/mol. The van der Waals surface area contributed by atoms with Gasteiger partial charge in [-0.2, -0.15) is 0 Å². The third-order valence-electron chi connectivity index (χ3n) is 3.86. The Labute approximate surface area is 123 Å². The number of ether oxygens (including phenoxy) is 2. The first-order valence-corrected chi connectivity index (χ1v) is 7.88. The Morgan fingerprint density at radius 2 is 1.95 bits per heavy atom. The quantitative estimate of drug-likeness (QED) is 0.703. The lowest BCUT2D eigenvalue weighted by molar-refractivity contribution is -0.147. The van der Waals surface area contributed by atoms with Crippen molar-refractivity contribution in [2.24, 2.45) is 10.9 Å². The molecule has 0 aromatic heterocycles. The Kier molecular flexibility index (Phi) is 4.14. The summed E-state index contributed by atoms with van der Waals surface area (Å²) >= 11 is 1.53.